The molecule has 1 fully saturated rings. The Kier molecular flexibility index (Phi) is 6.16. The van der Waals surface area contributed by atoms with Crippen LogP contribution in [0.4, 0.5) is 10.1 Å². The van der Waals surface area contributed by atoms with Gasteiger partial charge in [0.25, 0.3) is 5.91 Å². The fourth-order valence-electron chi connectivity index (χ4n) is 3.15. The Bertz CT molecular complexity index is 802. The summed E-state index contributed by atoms with van der Waals surface area (Å²) in [5.41, 5.74) is 7.15. The number of anilines is 1. The normalized spacial score (nSPS) is 15.4. The van der Waals surface area contributed by atoms with Crippen molar-refractivity contribution >= 4 is 17.5 Å². The maximum Gasteiger partial charge on any atom is 0.250 e. The van der Waals surface area contributed by atoms with E-state index in [4.69, 9.17) is 5.73 Å². The summed E-state index contributed by atoms with van der Waals surface area (Å²) in [7, 11) is 0. The number of rotatable bonds is 6. The van der Waals surface area contributed by atoms with Gasteiger partial charge in [-0.05, 0) is 29.8 Å². The number of piperazine rings is 1. The van der Waals surface area contributed by atoms with Crippen molar-refractivity contribution in [2.75, 3.05) is 38.0 Å². The van der Waals surface area contributed by atoms with E-state index < -0.39 is 5.91 Å². The van der Waals surface area contributed by atoms with Crippen molar-refractivity contribution in [3.8, 4) is 0 Å². The van der Waals surface area contributed by atoms with Crippen molar-refractivity contribution in [3.63, 3.8) is 0 Å². The average molecular weight is 370 g/mol. The number of carbonyl (C=O) groups excluding carboxylic acids is 2. The van der Waals surface area contributed by atoms with Crippen LogP contribution >= 0.6 is 0 Å². The van der Waals surface area contributed by atoms with Gasteiger partial charge in [-0.3, -0.25) is 19.4 Å². The SMILES string of the molecule is NC(=O)c1ccccc1NC(=O)CN1CCN(Cc2ccc(F)cc2)CC1. The number of hydrogen-bond acceptors (Lipinski definition) is 4. The largest absolute Gasteiger partial charge is 0.366 e. The zero-order chi connectivity index (χ0) is 19.2. The maximum atomic E-state index is 13.0. The number of halogens is 1. The zero-order valence-electron chi connectivity index (χ0n) is 15.0. The molecule has 3 N–H and O–H groups in total. The van der Waals surface area contributed by atoms with Gasteiger partial charge >= 0.3 is 0 Å². The van der Waals surface area contributed by atoms with E-state index in [0.29, 0.717) is 11.3 Å². The minimum atomic E-state index is -0.569. The highest BCUT2D eigenvalue weighted by Gasteiger charge is 2.20. The van der Waals surface area contributed by atoms with E-state index in [1.165, 1.54) is 12.1 Å². The highest BCUT2D eigenvalue weighted by atomic mass is 19.1. The quantitative estimate of drug-likeness (QED) is 0.811. The first kappa shape index (κ1) is 19.0. The molecule has 1 heterocycles. The topological polar surface area (TPSA) is 78.7 Å². The number of carbonyl (C=O) groups is 2. The standard InChI is InChI=1S/C20H23FN4O2/c21-16-7-5-15(6-8-16)13-24-9-11-25(12-10-24)14-19(26)23-18-4-2-1-3-17(18)20(22)27/h1-8H,9-14H2,(H2,22,27)(H,23,26). The lowest BCUT2D eigenvalue weighted by Gasteiger charge is -2.34. The van der Waals surface area contributed by atoms with Crippen molar-refractivity contribution in [3.05, 3.63) is 65.5 Å². The van der Waals surface area contributed by atoms with Crippen molar-refractivity contribution in [2.45, 2.75) is 6.54 Å². The molecule has 3 rings (SSSR count). The van der Waals surface area contributed by atoms with Crippen LogP contribution in [-0.4, -0.2) is 54.3 Å². The highest BCUT2D eigenvalue weighted by Crippen LogP contribution is 2.14. The molecule has 0 aromatic heterocycles. The van der Waals surface area contributed by atoms with Crippen LogP contribution in [0.2, 0.25) is 0 Å². The average Bonchev–Trinajstić information content (AvgIpc) is 2.65. The third-order valence-electron chi connectivity index (χ3n) is 4.62. The van der Waals surface area contributed by atoms with Crippen LogP contribution < -0.4 is 11.1 Å². The third-order valence-corrected chi connectivity index (χ3v) is 4.62. The minimum absolute atomic E-state index is 0.171. The molecule has 2 amide bonds. The lowest BCUT2D eigenvalue weighted by atomic mass is 10.1. The van der Waals surface area contributed by atoms with Crippen molar-refractivity contribution in [1.82, 2.24) is 9.80 Å². The summed E-state index contributed by atoms with van der Waals surface area (Å²) >= 11 is 0. The van der Waals surface area contributed by atoms with Crippen LogP contribution in [0, 0.1) is 5.82 Å². The molecule has 0 saturated carbocycles. The van der Waals surface area contributed by atoms with E-state index in [1.807, 2.05) is 0 Å². The summed E-state index contributed by atoms with van der Waals surface area (Å²) in [6, 6.07) is 13.2. The molecule has 0 unspecified atom stereocenters. The predicted molar refractivity (Wildman–Crippen MR) is 102 cm³/mol. The Labute approximate surface area is 157 Å². The van der Waals surface area contributed by atoms with Crippen molar-refractivity contribution in [2.24, 2.45) is 5.73 Å². The Morgan fingerprint density at radius 1 is 0.963 bits per heavy atom. The number of para-hydroxylation sites is 1. The minimum Gasteiger partial charge on any atom is -0.366 e. The summed E-state index contributed by atoms with van der Waals surface area (Å²) in [5.74, 6) is -0.969. The van der Waals surface area contributed by atoms with Crippen LogP contribution in [0.1, 0.15) is 15.9 Å². The van der Waals surface area contributed by atoms with Crippen molar-refractivity contribution < 1.29 is 14.0 Å². The Morgan fingerprint density at radius 2 is 1.59 bits per heavy atom. The molecule has 0 atom stereocenters. The van der Waals surface area contributed by atoms with E-state index in [2.05, 4.69) is 15.1 Å². The highest BCUT2D eigenvalue weighted by molar-refractivity contribution is 6.03. The Morgan fingerprint density at radius 3 is 2.26 bits per heavy atom. The lowest BCUT2D eigenvalue weighted by molar-refractivity contribution is -0.117. The second kappa shape index (κ2) is 8.75. The summed E-state index contributed by atoms with van der Waals surface area (Å²) in [4.78, 5) is 28.1. The first-order chi connectivity index (χ1) is 13.0. The number of benzene rings is 2. The number of nitrogens with two attached hydrogens (primary N) is 1. The summed E-state index contributed by atoms with van der Waals surface area (Å²) < 4.78 is 13.0. The number of primary amides is 1. The molecule has 0 aliphatic carbocycles. The summed E-state index contributed by atoms with van der Waals surface area (Å²) in [6.45, 7) is 4.24. The molecule has 142 valence electrons. The maximum absolute atomic E-state index is 13.0. The molecule has 0 spiro atoms. The molecule has 27 heavy (non-hydrogen) atoms. The molecule has 1 aliphatic heterocycles. The van der Waals surface area contributed by atoms with Crippen LogP contribution in [-0.2, 0) is 11.3 Å². The van der Waals surface area contributed by atoms with Gasteiger partial charge in [0.05, 0.1) is 17.8 Å². The summed E-state index contributed by atoms with van der Waals surface area (Å²) in [5, 5.41) is 2.76. The van der Waals surface area contributed by atoms with E-state index in [-0.39, 0.29) is 18.3 Å². The second-order valence-corrected chi connectivity index (χ2v) is 6.64. The van der Waals surface area contributed by atoms with Gasteiger partial charge in [-0.15, -0.1) is 0 Å². The Hall–Kier alpha value is -2.77. The fourth-order valence-corrected chi connectivity index (χ4v) is 3.15. The molecule has 2 aromatic carbocycles. The molecule has 1 aliphatic rings. The molecule has 7 heteroatoms. The summed E-state index contributed by atoms with van der Waals surface area (Å²) in [6.07, 6.45) is 0. The molecule has 2 aromatic rings. The van der Waals surface area contributed by atoms with Gasteiger partial charge in [0.1, 0.15) is 5.82 Å². The number of amides is 2. The van der Waals surface area contributed by atoms with E-state index in [9.17, 15) is 14.0 Å². The van der Waals surface area contributed by atoms with Gasteiger partial charge in [-0.2, -0.15) is 0 Å². The predicted octanol–water partition coefficient (Wildman–Crippen LogP) is 1.68. The third kappa shape index (κ3) is 5.35. The first-order valence-electron chi connectivity index (χ1n) is 8.89. The van der Waals surface area contributed by atoms with Gasteiger partial charge in [-0.1, -0.05) is 24.3 Å². The molecular formula is C20H23FN4O2. The molecular weight excluding hydrogens is 347 g/mol. The van der Waals surface area contributed by atoms with Crippen LogP contribution in [0.15, 0.2) is 48.5 Å². The van der Waals surface area contributed by atoms with Gasteiger partial charge in [-0.25, -0.2) is 4.39 Å². The zero-order valence-corrected chi connectivity index (χ0v) is 15.0. The smallest absolute Gasteiger partial charge is 0.250 e. The van der Waals surface area contributed by atoms with Gasteiger partial charge < -0.3 is 11.1 Å². The molecule has 0 bridgehead atoms. The van der Waals surface area contributed by atoms with E-state index >= 15 is 0 Å². The molecule has 6 nitrogen and oxygen atoms in total. The van der Waals surface area contributed by atoms with Crippen LogP contribution in [0.25, 0.3) is 0 Å². The number of nitrogens with one attached hydrogen (secondary N) is 1. The molecule has 1 saturated heterocycles. The van der Waals surface area contributed by atoms with Crippen LogP contribution in [0.5, 0.6) is 0 Å². The van der Waals surface area contributed by atoms with E-state index in [0.717, 1.165) is 38.3 Å². The lowest BCUT2D eigenvalue weighted by Crippen LogP contribution is -2.48. The number of nitrogens with zero attached hydrogens (tertiary/aromatic N) is 2. The Balaban J connectivity index is 1.47. The van der Waals surface area contributed by atoms with Crippen molar-refractivity contribution in [1.29, 1.82) is 0 Å². The second-order valence-electron chi connectivity index (χ2n) is 6.64. The van der Waals surface area contributed by atoms with Gasteiger partial charge in [0.15, 0.2) is 0 Å². The van der Waals surface area contributed by atoms with Gasteiger partial charge in [0, 0.05) is 32.7 Å². The van der Waals surface area contributed by atoms with Crippen LogP contribution in [0.3, 0.4) is 0 Å². The molecule has 0 radical (unpaired) electrons. The fraction of sp³-hybridized carbons (Fsp3) is 0.300. The van der Waals surface area contributed by atoms with Gasteiger partial charge in [0.2, 0.25) is 5.91 Å². The monoisotopic (exact) mass is 370 g/mol. The number of hydrogen-bond donors (Lipinski definition) is 2. The first-order valence-corrected chi connectivity index (χ1v) is 8.89. The van der Waals surface area contributed by atoms with E-state index in [1.54, 1.807) is 36.4 Å².